The fourth-order valence-corrected chi connectivity index (χ4v) is 5.47. The number of alkyl halides is 6. The van der Waals surface area contributed by atoms with Crippen LogP contribution >= 0.6 is 0 Å². The summed E-state index contributed by atoms with van der Waals surface area (Å²) in [5, 5.41) is 11.6. The zero-order valence-corrected chi connectivity index (χ0v) is 22.8. The molecule has 0 radical (unpaired) electrons. The van der Waals surface area contributed by atoms with E-state index in [2.05, 4.69) is 15.3 Å². The van der Waals surface area contributed by atoms with Crippen molar-refractivity contribution in [2.24, 2.45) is 5.92 Å². The molecule has 0 bridgehead atoms. The molecule has 2 aromatic rings. The largest absolute Gasteiger partial charge is 0.481 e. The summed E-state index contributed by atoms with van der Waals surface area (Å²) in [5.74, 6) is -2.10. The Hall–Kier alpha value is -3.58. The summed E-state index contributed by atoms with van der Waals surface area (Å²) in [6.07, 6.45) is -5.17. The van der Waals surface area contributed by atoms with E-state index in [-0.39, 0.29) is 24.6 Å². The summed E-state index contributed by atoms with van der Waals surface area (Å²) in [5.41, 5.74) is -0.160. The Morgan fingerprint density at radius 3 is 2.21 bits per heavy atom. The molecule has 1 amide bonds. The molecule has 1 unspecified atom stereocenters. The lowest BCUT2D eigenvalue weighted by molar-refractivity contribution is -0.145. The van der Waals surface area contributed by atoms with Gasteiger partial charge in [-0.05, 0) is 68.6 Å². The molecule has 2 N–H and O–H groups in total. The normalized spacial score (nSPS) is 18.4. The van der Waals surface area contributed by atoms with Crippen molar-refractivity contribution in [1.29, 1.82) is 0 Å². The highest BCUT2D eigenvalue weighted by Gasteiger charge is 2.39. The number of aliphatic carboxylic acids is 1. The van der Waals surface area contributed by atoms with Crippen molar-refractivity contribution in [3.8, 4) is 0 Å². The Morgan fingerprint density at radius 2 is 1.60 bits per heavy atom. The van der Waals surface area contributed by atoms with Crippen LogP contribution in [0.5, 0.6) is 0 Å². The number of halogens is 6. The van der Waals surface area contributed by atoms with Crippen molar-refractivity contribution >= 4 is 23.5 Å². The Morgan fingerprint density at radius 1 is 0.929 bits per heavy atom. The summed E-state index contributed by atoms with van der Waals surface area (Å²) >= 11 is 0. The van der Waals surface area contributed by atoms with Gasteiger partial charge in [-0.25, -0.2) is 9.97 Å². The maximum absolute atomic E-state index is 13.8. The molecule has 8 nitrogen and oxygen atoms in total. The first-order chi connectivity index (χ1) is 19.8. The van der Waals surface area contributed by atoms with Gasteiger partial charge in [-0.2, -0.15) is 26.3 Å². The van der Waals surface area contributed by atoms with Gasteiger partial charge in [-0.1, -0.05) is 12.1 Å². The molecule has 2 aliphatic rings. The van der Waals surface area contributed by atoms with Gasteiger partial charge in [0.05, 0.1) is 5.56 Å². The van der Waals surface area contributed by atoms with Gasteiger partial charge in [0.1, 0.15) is 17.7 Å². The molecule has 0 saturated carbocycles. The number of carboxylic acids is 1. The Labute approximate surface area is 239 Å². The third-order valence-electron chi connectivity index (χ3n) is 7.74. The SMILES string of the molecule is O=C(O)CCCC1CCN(c2cc(N3CCCC3C(=O)NCCc3ccc(C(F)(F)F)cc3)nc(C(F)(F)F)n2)CC1. The maximum atomic E-state index is 13.8. The summed E-state index contributed by atoms with van der Waals surface area (Å²) in [6, 6.07) is 5.37. The minimum absolute atomic E-state index is 0.0105. The third kappa shape index (κ3) is 8.25. The van der Waals surface area contributed by atoms with Crippen LogP contribution in [0.1, 0.15) is 61.9 Å². The minimum atomic E-state index is -4.79. The van der Waals surface area contributed by atoms with Crippen LogP contribution in [0.15, 0.2) is 30.3 Å². The van der Waals surface area contributed by atoms with Gasteiger partial charge < -0.3 is 20.2 Å². The number of anilines is 2. The van der Waals surface area contributed by atoms with Gasteiger partial charge in [-0.15, -0.1) is 0 Å². The number of carboxylic acid groups (broad SMARTS) is 1. The molecule has 230 valence electrons. The second kappa shape index (κ2) is 13.2. The molecule has 2 aliphatic heterocycles. The van der Waals surface area contributed by atoms with Crippen molar-refractivity contribution in [3.63, 3.8) is 0 Å². The topological polar surface area (TPSA) is 98.7 Å². The van der Waals surface area contributed by atoms with E-state index in [1.165, 1.54) is 18.2 Å². The van der Waals surface area contributed by atoms with E-state index in [0.717, 1.165) is 18.6 Å². The second-order valence-electron chi connectivity index (χ2n) is 10.7. The average molecular weight is 602 g/mol. The van der Waals surface area contributed by atoms with Crippen LogP contribution in [0, 0.1) is 5.92 Å². The third-order valence-corrected chi connectivity index (χ3v) is 7.74. The van der Waals surface area contributed by atoms with E-state index in [9.17, 15) is 35.9 Å². The summed E-state index contributed by atoms with van der Waals surface area (Å²) in [6.45, 7) is 1.42. The van der Waals surface area contributed by atoms with Gasteiger partial charge in [0.25, 0.3) is 0 Å². The average Bonchev–Trinajstić information content (AvgIpc) is 3.43. The Kier molecular flexibility index (Phi) is 9.82. The molecule has 14 heteroatoms. The van der Waals surface area contributed by atoms with Gasteiger partial charge in [0.2, 0.25) is 11.7 Å². The van der Waals surface area contributed by atoms with Crippen LogP contribution < -0.4 is 15.1 Å². The van der Waals surface area contributed by atoms with Crippen molar-refractivity contribution in [2.45, 2.75) is 69.8 Å². The molecular formula is C28H33F6N5O3. The fraction of sp³-hybridized carbons (Fsp3) is 0.571. The second-order valence-corrected chi connectivity index (χ2v) is 10.7. The molecule has 4 rings (SSSR count). The van der Waals surface area contributed by atoms with Crippen LogP contribution in [0.3, 0.4) is 0 Å². The lowest BCUT2D eigenvalue weighted by atomic mass is 9.91. The predicted octanol–water partition coefficient (Wildman–Crippen LogP) is 5.31. The first kappa shape index (κ1) is 31.4. The van der Waals surface area contributed by atoms with Gasteiger partial charge >= 0.3 is 18.3 Å². The number of aromatic nitrogens is 2. The van der Waals surface area contributed by atoms with Crippen molar-refractivity contribution in [2.75, 3.05) is 36.0 Å². The number of hydrogen-bond acceptors (Lipinski definition) is 6. The first-order valence-electron chi connectivity index (χ1n) is 13.9. The lowest BCUT2D eigenvalue weighted by Crippen LogP contribution is -2.44. The predicted molar refractivity (Wildman–Crippen MR) is 142 cm³/mol. The minimum Gasteiger partial charge on any atom is -0.481 e. The summed E-state index contributed by atoms with van der Waals surface area (Å²) < 4.78 is 79.7. The van der Waals surface area contributed by atoms with Crippen LogP contribution in [0.25, 0.3) is 0 Å². The number of benzene rings is 1. The number of nitrogens with one attached hydrogen (secondary N) is 1. The monoisotopic (exact) mass is 601 g/mol. The van der Waals surface area contributed by atoms with Crippen molar-refractivity contribution in [3.05, 3.63) is 47.3 Å². The van der Waals surface area contributed by atoms with Gasteiger partial charge in [0.15, 0.2) is 0 Å². The highest BCUT2D eigenvalue weighted by Crippen LogP contribution is 2.34. The van der Waals surface area contributed by atoms with Gasteiger partial charge in [-0.3, -0.25) is 9.59 Å². The fourth-order valence-electron chi connectivity index (χ4n) is 5.47. The number of rotatable bonds is 10. The van der Waals surface area contributed by atoms with E-state index >= 15 is 0 Å². The molecule has 2 fully saturated rings. The molecular weight excluding hydrogens is 568 g/mol. The Balaban J connectivity index is 1.41. The Bertz CT molecular complexity index is 1230. The van der Waals surface area contributed by atoms with E-state index in [4.69, 9.17) is 5.11 Å². The molecule has 42 heavy (non-hydrogen) atoms. The van der Waals surface area contributed by atoms with Crippen LogP contribution in [0.4, 0.5) is 38.0 Å². The van der Waals surface area contributed by atoms with Crippen LogP contribution in [-0.4, -0.2) is 59.2 Å². The van der Waals surface area contributed by atoms with Crippen molar-refractivity contribution < 1.29 is 41.0 Å². The van der Waals surface area contributed by atoms with E-state index in [1.807, 2.05) is 0 Å². The van der Waals surface area contributed by atoms with E-state index in [1.54, 1.807) is 9.80 Å². The molecule has 0 spiro atoms. The van der Waals surface area contributed by atoms with E-state index in [0.29, 0.717) is 69.6 Å². The van der Waals surface area contributed by atoms with Crippen LogP contribution in [0.2, 0.25) is 0 Å². The number of hydrogen-bond donors (Lipinski definition) is 2. The molecule has 2 saturated heterocycles. The zero-order chi connectivity index (χ0) is 30.5. The number of carbonyl (C=O) groups is 2. The molecule has 1 aromatic heterocycles. The van der Waals surface area contributed by atoms with E-state index < -0.39 is 41.7 Å². The lowest BCUT2D eigenvalue weighted by Gasteiger charge is -2.34. The number of nitrogens with zero attached hydrogens (tertiary/aromatic N) is 4. The van der Waals surface area contributed by atoms with Gasteiger partial charge in [0, 0.05) is 38.7 Å². The molecule has 1 atom stereocenters. The molecule has 1 aromatic carbocycles. The molecule has 0 aliphatic carbocycles. The van der Waals surface area contributed by atoms with Crippen molar-refractivity contribution in [1.82, 2.24) is 15.3 Å². The number of piperidine rings is 1. The number of amides is 1. The summed E-state index contributed by atoms with van der Waals surface area (Å²) in [7, 11) is 0. The smallest absolute Gasteiger partial charge is 0.451 e. The highest BCUT2D eigenvalue weighted by atomic mass is 19.4. The zero-order valence-electron chi connectivity index (χ0n) is 22.8. The highest BCUT2D eigenvalue weighted by molar-refractivity contribution is 5.85. The number of carbonyl (C=O) groups excluding carboxylic acids is 1. The first-order valence-corrected chi connectivity index (χ1v) is 13.9. The quantitative estimate of drug-likeness (QED) is 0.356. The summed E-state index contributed by atoms with van der Waals surface area (Å²) in [4.78, 5) is 34.7. The standard InChI is InChI=1S/C28H33F6N5O3/c29-27(30,31)20-8-6-19(7-9-20)10-13-35-25(42)21-4-2-14-39(21)23-17-22(36-26(37-23)28(32,33)34)38-15-11-18(12-16-38)3-1-5-24(40)41/h6-9,17-18,21H,1-5,10-16H2,(H,35,42)(H,40,41). The van der Waals surface area contributed by atoms with Crippen LogP contribution in [-0.2, 0) is 28.4 Å². The molecule has 3 heterocycles. The maximum Gasteiger partial charge on any atom is 0.451 e.